The molecule has 0 N–H and O–H groups in total. The molecule has 0 bridgehead atoms. The number of ketones is 1. The Balaban J connectivity index is 1.69. The number of aromatic nitrogens is 3. The minimum atomic E-state index is -0.361. The third kappa shape index (κ3) is 5.06. The third-order valence-electron chi connectivity index (χ3n) is 5.50. The number of carbonyl (C=O) groups is 1. The predicted molar refractivity (Wildman–Crippen MR) is 132 cm³/mol. The van der Waals surface area contributed by atoms with Gasteiger partial charge in [-0.15, -0.1) is 10.2 Å². The van der Waals surface area contributed by atoms with Gasteiger partial charge in [-0.25, -0.2) is 4.39 Å². The van der Waals surface area contributed by atoms with Crippen LogP contribution in [0.3, 0.4) is 0 Å². The second kappa shape index (κ2) is 9.32. The van der Waals surface area contributed by atoms with Gasteiger partial charge in [-0.2, -0.15) is 0 Å². The number of nitrogens with zero attached hydrogens (tertiary/aromatic N) is 3. The van der Waals surface area contributed by atoms with E-state index in [2.05, 4.69) is 55.2 Å². The first-order chi connectivity index (χ1) is 15.7. The number of Topliss-reactive ketones (excluding diaryl/α,β-unsaturated/α-hetero) is 1. The Morgan fingerprint density at radius 2 is 1.61 bits per heavy atom. The molecule has 0 saturated heterocycles. The van der Waals surface area contributed by atoms with Crippen LogP contribution in [0.25, 0.3) is 17.1 Å². The van der Waals surface area contributed by atoms with Crippen LogP contribution in [0.4, 0.5) is 4.39 Å². The molecule has 4 nitrogen and oxygen atoms in total. The van der Waals surface area contributed by atoms with Gasteiger partial charge in [0.2, 0.25) is 0 Å². The predicted octanol–water partition coefficient (Wildman–Crippen LogP) is 6.65. The van der Waals surface area contributed by atoms with Crippen LogP contribution in [-0.4, -0.2) is 26.3 Å². The average molecular weight is 460 g/mol. The van der Waals surface area contributed by atoms with Crippen molar-refractivity contribution in [3.63, 3.8) is 0 Å². The van der Waals surface area contributed by atoms with Gasteiger partial charge in [0.05, 0.1) is 11.4 Å². The van der Waals surface area contributed by atoms with E-state index in [9.17, 15) is 9.18 Å². The van der Waals surface area contributed by atoms with Crippen LogP contribution in [0.1, 0.15) is 42.3 Å². The highest BCUT2D eigenvalue weighted by molar-refractivity contribution is 7.99. The van der Waals surface area contributed by atoms with Crippen LogP contribution in [0, 0.1) is 12.7 Å². The first-order valence-electron chi connectivity index (χ1n) is 10.8. The van der Waals surface area contributed by atoms with Crippen LogP contribution in [0.5, 0.6) is 0 Å². The summed E-state index contributed by atoms with van der Waals surface area (Å²) in [5.41, 5.74) is 4.78. The van der Waals surface area contributed by atoms with Crippen LogP contribution in [0.2, 0.25) is 0 Å². The molecule has 0 atom stereocenters. The molecule has 0 aliphatic carbocycles. The van der Waals surface area contributed by atoms with E-state index in [1.54, 1.807) is 0 Å². The van der Waals surface area contributed by atoms with Gasteiger partial charge in [0.15, 0.2) is 16.8 Å². The normalized spacial score (nSPS) is 11.5. The molecule has 33 heavy (non-hydrogen) atoms. The molecule has 0 amide bonds. The van der Waals surface area contributed by atoms with Crippen molar-refractivity contribution in [3.8, 4) is 17.1 Å². The van der Waals surface area contributed by atoms with Gasteiger partial charge in [0, 0.05) is 11.1 Å². The zero-order valence-corrected chi connectivity index (χ0v) is 20.0. The summed E-state index contributed by atoms with van der Waals surface area (Å²) in [5, 5.41) is 9.55. The summed E-state index contributed by atoms with van der Waals surface area (Å²) in [6.45, 7) is 8.60. The number of rotatable bonds is 6. The van der Waals surface area contributed by atoms with Gasteiger partial charge in [-0.05, 0) is 53.8 Å². The summed E-state index contributed by atoms with van der Waals surface area (Å²) >= 11 is 1.33. The summed E-state index contributed by atoms with van der Waals surface area (Å²) in [6, 6.07) is 22.0. The molecule has 4 rings (SSSR count). The molecule has 0 radical (unpaired) electrons. The van der Waals surface area contributed by atoms with E-state index in [4.69, 9.17) is 0 Å². The maximum Gasteiger partial charge on any atom is 0.196 e. The van der Waals surface area contributed by atoms with Gasteiger partial charge in [0.1, 0.15) is 5.82 Å². The lowest BCUT2D eigenvalue weighted by atomic mass is 9.87. The Morgan fingerprint density at radius 3 is 2.24 bits per heavy atom. The summed E-state index contributed by atoms with van der Waals surface area (Å²) < 4.78 is 15.2. The average Bonchev–Trinajstić information content (AvgIpc) is 3.21. The van der Waals surface area contributed by atoms with E-state index < -0.39 is 0 Å². The fourth-order valence-corrected chi connectivity index (χ4v) is 4.39. The van der Waals surface area contributed by atoms with Gasteiger partial charge < -0.3 is 0 Å². The van der Waals surface area contributed by atoms with Crippen LogP contribution >= 0.6 is 11.8 Å². The molecule has 1 aromatic heterocycles. The zero-order valence-electron chi connectivity index (χ0n) is 19.2. The first kappa shape index (κ1) is 22.9. The van der Waals surface area contributed by atoms with E-state index >= 15 is 0 Å². The van der Waals surface area contributed by atoms with Crippen molar-refractivity contribution in [3.05, 3.63) is 95.3 Å². The quantitative estimate of drug-likeness (QED) is 0.239. The minimum absolute atomic E-state index is 0.0595. The lowest BCUT2D eigenvalue weighted by Crippen LogP contribution is -2.10. The van der Waals surface area contributed by atoms with E-state index in [-0.39, 0.29) is 22.8 Å². The highest BCUT2D eigenvalue weighted by atomic mass is 32.2. The van der Waals surface area contributed by atoms with E-state index in [1.807, 2.05) is 35.8 Å². The smallest absolute Gasteiger partial charge is 0.196 e. The molecule has 0 aliphatic heterocycles. The number of hydrogen-bond acceptors (Lipinski definition) is 4. The molecule has 6 heteroatoms. The molecule has 0 spiro atoms. The number of aryl methyl sites for hydroxylation is 1. The van der Waals surface area contributed by atoms with Gasteiger partial charge >= 0.3 is 0 Å². The lowest BCUT2D eigenvalue weighted by molar-refractivity contribution is 0.102. The highest BCUT2D eigenvalue weighted by Gasteiger charge is 2.20. The second-order valence-electron chi connectivity index (χ2n) is 8.97. The maximum atomic E-state index is 13.2. The summed E-state index contributed by atoms with van der Waals surface area (Å²) in [4.78, 5) is 12.7. The summed E-state index contributed by atoms with van der Waals surface area (Å²) in [7, 11) is 0. The maximum absolute atomic E-state index is 13.2. The van der Waals surface area contributed by atoms with Crippen molar-refractivity contribution in [1.29, 1.82) is 0 Å². The number of para-hydroxylation sites is 1. The van der Waals surface area contributed by atoms with Crippen molar-refractivity contribution in [2.24, 2.45) is 0 Å². The van der Waals surface area contributed by atoms with Gasteiger partial charge in [-0.1, -0.05) is 75.0 Å². The Bertz CT molecular complexity index is 1270. The van der Waals surface area contributed by atoms with Crippen molar-refractivity contribution in [2.45, 2.75) is 38.3 Å². The van der Waals surface area contributed by atoms with Gasteiger partial charge in [-0.3, -0.25) is 9.36 Å². The van der Waals surface area contributed by atoms with Crippen molar-refractivity contribution in [2.75, 3.05) is 5.75 Å². The zero-order chi connectivity index (χ0) is 23.6. The number of carbonyl (C=O) groups excluding carboxylic acids is 1. The number of benzene rings is 3. The van der Waals surface area contributed by atoms with E-state index in [0.717, 1.165) is 22.6 Å². The number of thioether (sulfide) groups is 1. The van der Waals surface area contributed by atoms with Crippen LogP contribution < -0.4 is 0 Å². The molecular weight excluding hydrogens is 433 g/mol. The highest BCUT2D eigenvalue weighted by Crippen LogP contribution is 2.31. The Labute approximate surface area is 197 Å². The fourth-order valence-electron chi connectivity index (χ4n) is 3.55. The largest absolute Gasteiger partial charge is 0.293 e. The lowest BCUT2D eigenvalue weighted by Gasteiger charge is -2.19. The standard InChI is InChI=1S/C27H26FN3OS/c1-18-7-5-6-8-23(18)31-25(20-9-13-21(14-10-20)27(2,3)4)29-30-26(31)33-17-24(32)19-11-15-22(28)16-12-19/h5-16H,17H2,1-4H3. The number of hydrogen-bond donors (Lipinski definition) is 0. The topological polar surface area (TPSA) is 47.8 Å². The SMILES string of the molecule is Cc1ccccc1-n1c(SCC(=O)c2ccc(F)cc2)nnc1-c1ccc(C(C)(C)C)cc1. The fraction of sp³-hybridized carbons (Fsp3) is 0.222. The monoisotopic (exact) mass is 459 g/mol. The molecular formula is C27H26FN3OS. The molecule has 168 valence electrons. The molecule has 1 heterocycles. The third-order valence-corrected chi connectivity index (χ3v) is 6.43. The first-order valence-corrected chi connectivity index (χ1v) is 11.8. The van der Waals surface area contributed by atoms with Gasteiger partial charge in [0.25, 0.3) is 0 Å². The Kier molecular flexibility index (Phi) is 6.47. The van der Waals surface area contributed by atoms with E-state index in [1.165, 1.54) is 41.6 Å². The van der Waals surface area contributed by atoms with Crippen molar-refractivity contribution in [1.82, 2.24) is 14.8 Å². The molecule has 0 fully saturated rings. The second-order valence-corrected chi connectivity index (χ2v) is 9.92. The Hall–Kier alpha value is -3.25. The van der Waals surface area contributed by atoms with Crippen LogP contribution in [-0.2, 0) is 5.41 Å². The van der Waals surface area contributed by atoms with E-state index in [0.29, 0.717) is 10.7 Å². The Morgan fingerprint density at radius 1 is 0.939 bits per heavy atom. The molecule has 4 aromatic rings. The number of halogens is 1. The minimum Gasteiger partial charge on any atom is -0.293 e. The van der Waals surface area contributed by atoms with Crippen LogP contribution in [0.15, 0.2) is 78.0 Å². The van der Waals surface area contributed by atoms with Crippen molar-refractivity contribution >= 4 is 17.5 Å². The molecule has 0 unspecified atom stereocenters. The summed E-state index contributed by atoms with van der Waals surface area (Å²) in [6.07, 6.45) is 0. The van der Waals surface area contributed by atoms with Crippen molar-refractivity contribution < 1.29 is 9.18 Å². The molecule has 3 aromatic carbocycles. The summed E-state index contributed by atoms with van der Waals surface area (Å²) in [5.74, 6) is 0.455. The molecule has 0 saturated carbocycles. The molecule has 0 aliphatic rings.